The highest BCUT2D eigenvalue weighted by Crippen LogP contribution is 2.31. The number of amides is 1. The van der Waals surface area contributed by atoms with Crippen LogP contribution in [0.2, 0.25) is 0 Å². The number of nitrogens with zero attached hydrogens (tertiary/aromatic N) is 3. The van der Waals surface area contributed by atoms with Gasteiger partial charge in [-0.05, 0) is 25.1 Å². The van der Waals surface area contributed by atoms with Crippen molar-refractivity contribution in [1.82, 2.24) is 15.3 Å². The van der Waals surface area contributed by atoms with Crippen molar-refractivity contribution in [3.05, 3.63) is 35.9 Å². The minimum atomic E-state index is -0.218. The van der Waals surface area contributed by atoms with Gasteiger partial charge in [0.15, 0.2) is 17.3 Å². The Hall–Kier alpha value is -3.36. The SMILES string of the molecule is COc1ccc(-c2noc(CCC(=O)Nc3cc(C)on3)n2)cc1OC. The summed E-state index contributed by atoms with van der Waals surface area (Å²) >= 11 is 0. The maximum atomic E-state index is 11.9. The summed E-state index contributed by atoms with van der Waals surface area (Å²) in [5, 5.41) is 10.3. The zero-order valence-electron chi connectivity index (χ0n) is 14.6. The second-order valence-electron chi connectivity index (χ2n) is 5.45. The van der Waals surface area contributed by atoms with E-state index in [9.17, 15) is 4.79 Å². The minimum absolute atomic E-state index is 0.180. The molecule has 3 rings (SSSR count). The Morgan fingerprint density at radius 3 is 2.62 bits per heavy atom. The third-order valence-electron chi connectivity index (χ3n) is 3.57. The van der Waals surface area contributed by atoms with Gasteiger partial charge < -0.3 is 23.8 Å². The second-order valence-corrected chi connectivity index (χ2v) is 5.45. The van der Waals surface area contributed by atoms with E-state index >= 15 is 0 Å². The van der Waals surface area contributed by atoms with E-state index < -0.39 is 0 Å². The first-order valence-corrected chi connectivity index (χ1v) is 7.87. The molecule has 9 heteroatoms. The smallest absolute Gasteiger partial charge is 0.227 e. The number of nitrogens with one attached hydrogen (secondary N) is 1. The second kappa shape index (κ2) is 7.68. The monoisotopic (exact) mass is 358 g/mol. The molecule has 3 aromatic rings. The largest absolute Gasteiger partial charge is 0.493 e. The Labute approximate surface area is 149 Å². The summed E-state index contributed by atoms with van der Waals surface area (Å²) in [6.07, 6.45) is 0.489. The normalized spacial score (nSPS) is 10.6. The highest BCUT2D eigenvalue weighted by atomic mass is 16.5. The predicted octanol–water partition coefficient (Wildman–Crippen LogP) is 2.62. The average molecular weight is 358 g/mol. The first-order valence-electron chi connectivity index (χ1n) is 7.87. The van der Waals surface area contributed by atoms with Gasteiger partial charge in [0, 0.05) is 24.5 Å². The average Bonchev–Trinajstić information content (AvgIpc) is 3.28. The lowest BCUT2D eigenvalue weighted by atomic mass is 10.2. The van der Waals surface area contributed by atoms with Gasteiger partial charge in [-0.25, -0.2) is 0 Å². The van der Waals surface area contributed by atoms with E-state index in [1.807, 2.05) is 0 Å². The minimum Gasteiger partial charge on any atom is -0.493 e. The zero-order chi connectivity index (χ0) is 18.5. The van der Waals surface area contributed by atoms with Gasteiger partial charge in [0.05, 0.1) is 14.2 Å². The number of hydrogen-bond donors (Lipinski definition) is 1. The summed E-state index contributed by atoms with van der Waals surface area (Å²) < 4.78 is 20.6. The van der Waals surface area contributed by atoms with Gasteiger partial charge in [-0.3, -0.25) is 4.79 Å². The molecule has 0 bridgehead atoms. The molecule has 0 atom stereocenters. The topological polar surface area (TPSA) is 113 Å². The number of aryl methyl sites for hydroxylation is 2. The molecule has 2 aromatic heterocycles. The molecule has 0 aliphatic heterocycles. The van der Waals surface area contributed by atoms with Gasteiger partial charge >= 0.3 is 0 Å². The first kappa shape index (κ1) is 17.5. The fraction of sp³-hybridized carbons (Fsp3) is 0.294. The van der Waals surface area contributed by atoms with Crippen LogP contribution in [-0.2, 0) is 11.2 Å². The Morgan fingerprint density at radius 1 is 1.12 bits per heavy atom. The number of methoxy groups -OCH3 is 2. The third-order valence-corrected chi connectivity index (χ3v) is 3.57. The van der Waals surface area contributed by atoms with E-state index in [1.54, 1.807) is 45.4 Å². The van der Waals surface area contributed by atoms with E-state index in [2.05, 4.69) is 20.6 Å². The van der Waals surface area contributed by atoms with Gasteiger partial charge in [0.25, 0.3) is 0 Å². The molecule has 0 saturated heterocycles. The lowest BCUT2D eigenvalue weighted by Crippen LogP contribution is -2.12. The molecule has 1 aromatic carbocycles. The highest BCUT2D eigenvalue weighted by molar-refractivity contribution is 5.89. The Morgan fingerprint density at radius 2 is 1.92 bits per heavy atom. The van der Waals surface area contributed by atoms with Gasteiger partial charge in [-0.15, -0.1) is 0 Å². The van der Waals surface area contributed by atoms with Crippen LogP contribution in [0.25, 0.3) is 11.4 Å². The van der Waals surface area contributed by atoms with E-state index in [0.717, 1.165) is 5.56 Å². The van der Waals surface area contributed by atoms with Crippen molar-refractivity contribution >= 4 is 11.7 Å². The van der Waals surface area contributed by atoms with Crippen molar-refractivity contribution < 1.29 is 23.3 Å². The van der Waals surface area contributed by atoms with Crippen molar-refractivity contribution in [2.24, 2.45) is 0 Å². The molecule has 9 nitrogen and oxygen atoms in total. The molecule has 0 saturated carbocycles. The van der Waals surface area contributed by atoms with E-state index in [-0.39, 0.29) is 12.3 Å². The molecule has 26 heavy (non-hydrogen) atoms. The fourth-order valence-corrected chi connectivity index (χ4v) is 2.30. The van der Waals surface area contributed by atoms with Crippen LogP contribution in [0.15, 0.2) is 33.3 Å². The predicted molar refractivity (Wildman–Crippen MR) is 91.0 cm³/mol. The molecule has 0 fully saturated rings. The standard InChI is InChI=1S/C17H18N4O5/c1-10-8-14(20-25-10)18-15(22)6-7-16-19-17(21-26-16)11-4-5-12(23-2)13(9-11)24-3/h4-5,8-9H,6-7H2,1-3H3,(H,18,20,22). The summed E-state index contributed by atoms with van der Waals surface area (Å²) in [6.45, 7) is 1.75. The molecule has 136 valence electrons. The number of ether oxygens (including phenoxy) is 2. The number of rotatable bonds is 7. The molecule has 0 aliphatic rings. The van der Waals surface area contributed by atoms with Crippen LogP contribution in [0.5, 0.6) is 11.5 Å². The van der Waals surface area contributed by atoms with Crippen LogP contribution in [0.1, 0.15) is 18.1 Å². The number of aromatic nitrogens is 3. The van der Waals surface area contributed by atoms with Crippen LogP contribution in [0.3, 0.4) is 0 Å². The van der Waals surface area contributed by atoms with Gasteiger partial charge in [-0.1, -0.05) is 10.3 Å². The number of carbonyl (C=O) groups is 1. The summed E-state index contributed by atoms with van der Waals surface area (Å²) in [7, 11) is 3.12. The summed E-state index contributed by atoms with van der Waals surface area (Å²) in [4.78, 5) is 16.2. The van der Waals surface area contributed by atoms with E-state index in [0.29, 0.717) is 41.2 Å². The Balaban J connectivity index is 1.62. The Kier molecular flexibility index (Phi) is 5.16. The maximum absolute atomic E-state index is 11.9. The lowest BCUT2D eigenvalue weighted by Gasteiger charge is -2.07. The summed E-state index contributed by atoms with van der Waals surface area (Å²) in [5.41, 5.74) is 0.722. The molecular weight excluding hydrogens is 340 g/mol. The Bertz CT molecular complexity index is 902. The molecule has 0 spiro atoms. The summed E-state index contributed by atoms with van der Waals surface area (Å²) in [6, 6.07) is 6.96. The molecule has 0 aliphatic carbocycles. The van der Waals surface area contributed by atoms with Crippen LogP contribution >= 0.6 is 0 Å². The lowest BCUT2D eigenvalue weighted by molar-refractivity contribution is -0.116. The highest BCUT2D eigenvalue weighted by Gasteiger charge is 2.14. The maximum Gasteiger partial charge on any atom is 0.227 e. The zero-order valence-corrected chi connectivity index (χ0v) is 14.6. The molecule has 1 N–H and O–H groups in total. The number of benzene rings is 1. The van der Waals surface area contributed by atoms with Gasteiger partial charge in [0.2, 0.25) is 17.6 Å². The van der Waals surface area contributed by atoms with Crippen LogP contribution in [0.4, 0.5) is 5.82 Å². The van der Waals surface area contributed by atoms with E-state index in [1.165, 1.54) is 0 Å². The van der Waals surface area contributed by atoms with Crippen molar-refractivity contribution in [2.45, 2.75) is 19.8 Å². The molecule has 0 unspecified atom stereocenters. The first-order chi connectivity index (χ1) is 12.6. The van der Waals surface area contributed by atoms with Crippen molar-refractivity contribution in [2.75, 3.05) is 19.5 Å². The molecule has 1 amide bonds. The number of anilines is 1. The fourth-order valence-electron chi connectivity index (χ4n) is 2.30. The number of hydrogen-bond acceptors (Lipinski definition) is 8. The van der Waals surface area contributed by atoms with Crippen LogP contribution in [0, 0.1) is 6.92 Å². The molecular formula is C17H18N4O5. The van der Waals surface area contributed by atoms with Crippen molar-refractivity contribution in [3.63, 3.8) is 0 Å². The van der Waals surface area contributed by atoms with Gasteiger partial charge in [0.1, 0.15) is 5.76 Å². The van der Waals surface area contributed by atoms with E-state index in [4.69, 9.17) is 18.5 Å². The van der Waals surface area contributed by atoms with Gasteiger partial charge in [-0.2, -0.15) is 4.98 Å². The van der Waals surface area contributed by atoms with Crippen LogP contribution in [-0.4, -0.2) is 35.4 Å². The number of carbonyl (C=O) groups excluding carboxylic acids is 1. The molecule has 2 heterocycles. The summed E-state index contributed by atoms with van der Waals surface area (Å²) in [5.74, 6) is 2.73. The quantitative estimate of drug-likeness (QED) is 0.686. The van der Waals surface area contributed by atoms with Crippen LogP contribution < -0.4 is 14.8 Å². The van der Waals surface area contributed by atoms with Crippen molar-refractivity contribution in [3.8, 4) is 22.9 Å². The third kappa shape index (κ3) is 4.00. The molecule has 0 radical (unpaired) electrons. The van der Waals surface area contributed by atoms with Crippen molar-refractivity contribution in [1.29, 1.82) is 0 Å².